The fraction of sp³-hybridized carbons (Fsp3) is 0.583. The van der Waals surface area contributed by atoms with E-state index in [1.807, 2.05) is 10.6 Å². The Morgan fingerprint density at radius 1 is 1.56 bits per heavy atom. The van der Waals surface area contributed by atoms with Crippen LogP contribution in [0.25, 0.3) is 0 Å². The second-order valence-electron chi connectivity index (χ2n) is 5.26. The summed E-state index contributed by atoms with van der Waals surface area (Å²) >= 11 is 0. The minimum Gasteiger partial charge on any atom is -0.477 e. The normalized spacial score (nSPS) is 17.4. The number of carboxylic acids is 1. The predicted octanol–water partition coefficient (Wildman–Crippen LogP) is 1.27. The van der Waals surface area contributed by atoms with Crippen molar-refractivity contribution in [2.24, 2.45) is 11.1 Å². The Bertz CT molecular complexity index is 432. The van der Waals surface area contributed by atoms with Crippen LogP contribution in [0.3, 0.4) is 0 Å². The Balaban J connectivity index is 2.44. The van der Waals surface area contributed by atoms with Crippen LogP contribution in [0.4, 0.5) is 0 Å². The molecule has 0 bridgehead atoms. The molecule has 0 spiro atoms. The van der Waals surface area contributed by atoms with Gasteiger partial charge in [0.2, 0.25) is 0 Å². The van der Waals surface area contributed by atoms with Crippen molar-refractivity contribution in [3.05, 3.63) is 23.0 Å². The number of carboxylic acid groups (broad SMARTS) is 1. The van der Waals surface area contributed by atoms with Crippen molar-refractivity contribution in [2.45, 2.75) is 33.2 Å². The van der Waals surface area contributed by atoms with Crippen LogP contribution in [0.5, 0.6) is 0 Å². The molecule has 88 valence electrons. The van der Waals surface area contributed by atoms with Gasteiger partial charge in [-0.1, -0.05) is 13.8 Å². The number of rotatable bonds is 3. The highest BCUT2D eigenvalue weighted by atomic mass is 16.4. The van der Waals surface area contributed by atoms with Crippen molar-refractivity contribution < 1.29 is 9.90 Å². The molecule has 2 rings (SSSR count). The van der Waals surface area contributed by atoms with E-state index in [1.165, 1.54) is 5.56 Å². The first kappa shape index (κ1) is 11.2. The van der Waals surface area contributed by atoms with Gasteiger partial charge in [0.25, 0.3) is 0 Å². The number of carbonyl (C=O) groups is 1. The van der Waals surface area contributed by atoms with E-state index in [4.69, 9.17) is 10.8 Å². The van der Waals surface area contributed by atoms with E-state index in [-0.39, 0.29) is 5.41 Å². The van der Waals surface area contributed by atoms with E-state index < -0.39 is 5.97 Å². The molecule has 0 unspecified atom stereocenters. The highest BCUT2D eigenvalue weighted by Crippen LogP contribution is 2.37. The third-order valence-corrected chi connectivity index (χ3v) is 3.19. The lowest BCUT2D eigenvalue weighted by Crippen LogP contribution is -2.19. The van der Waals surface area contributed by atoms with E-state index >= 15 is 0 Å². The monoisotopic (exact) mass is 222 g/mol. The van der Waals surface area contributed by atoms with Crippen LogP contribution in [-0.2, 0) is 19.4 Å². The van der Waals surface area contributed by atoms with Crippen molar-refractivity contribution in [1.29, 1.82) is 0 Å². The van der Waals surface area contributed by atoms with Gasteiger partial charge in [-0.25, -0.2) is 4.79 Å². The SMILES string of the molecule is CC1(C)Cc2cc(C(=O)O)n(CCN)c2C1. The standard InChI is InChI=1S/C12H18N2O2/c1-12(2)6-8-5-9(11(15)16)14(4-3-13)10(8)7-12/h5H,3-4,6-7,13H2,1-2H3,(H,15,16). The summed E-state index contributed by atoms with van der Waals surface area (Å²) in [6.45, 7) is 5.48. The van der Waals surface area contributed by atoms with Crippen molar-refractivity contribution in [3.8, 4) is 0 Å². The van der Waals surface area contributed by atoms with Gasteiger partial charge in [-0.05, 0) is 29.9 Å². The minimum atomic E-state index is -0.861. The summed E-state index contributed by atoms with van der Waals surface area (Å²) in [5.41, 5.74) is 8.50. The molecule has 1 aliphatic carbocycles. The predicted molar refractivity (Wildman–Crippen MR) is 61.6 cm³/mol. The van der Waals surface area contributed by atoms with Crippen LogP contribution in [0.1, 0.15) is 35.6 Å². The van der Waals surface area contributed by atoms with Gasteiger partial charge in [0, 0.05) is 18.8 Å². The van der Waals surface area contributed by atoms with Crippen molar-refractivity contribution in [1.82, 2.24) is 4.57 Å². The number of nitrogens with zero attached hydrogens (tertiary/aromatic N) is 1. The molecule has 4 heteroatoms. The Labute approximate surface area is 95.1 Å². The lowest BCUT2D eigenvalue weighted by atomic mass is 9.90. The molecule has 0 radical (unpaired) electrons. The van der Waals surface area contributed by atoms with Gasteiger partial charge in [0.15, 0.2) is 0 Å². The first-order valence-corrected chi connectivity index (χ1v) is 5.59. The second-order valence-corrected chi connectivity index (χ2v) is 5.26. The third-order valence-electron chi connectivity index (χ3n) is 3.19. The summed E-state index contributed by atoms with van der Waals surface area (Å²) in [5, 5.41) is 9.12. The van der Waals surface area contributed by atoms with Crippen molar-refractivity contribution in [2.75, 3.05) is 6.54 Å². The number of fused-ring (bicyclic) bond motifs is 1. The molecule has 0 fully saturated rings. The van der Waals surface area contributed by atoms with E-state index in [9.17, 15) is 4.79 Å². The Kier molecular flexibility index (Phi) is 2.54. The average molecular weight is 222 g/mol. The van der Waals surface area contributed by atoms with Gasteiger partial charge >= 0.3 is 5.97 Å². The van der Waals surface area contributed by atoms with Gasteiger partial charge in [-0.2, -0.15) is 0 Å². The van der Waals surface area contributed by atoms with Gasteiger partial charge in [0.05, 0.1) is 0 Å². The quantitative estimate of drug-likeness (QED) is 0.809. The topological polar surface area (TPSA) is 68.2 Å². The summed E-state index contributed by atoms with van der Waals surface area (Å²) in [6.07, 6.45) is 1.90. The van der Waals surface area contributed by atoms with E-state index in [2.05, 4.69) is 13.8 Å². The molecule has 0 atom stereocenters. The van der Waals surface area contributed by atoms with Gasteiger partial charge in [0.1, 0.15) is 5.69 Å². The summed E-state index contributed by atoms with van der Waals surface area (Å²) in [4.78, 5) is 11.1. The molecule has 16 heavy (non-hydrogen) atoms. The maximum atomic E-state index is 11.1. The van der Waals surface area contributed by atoms with Gasteiger partial charge in [-0.15, -0.1) is 0 Å². The fourth-order valence-corrected chi connectivity index (χ4v) is 2.60. The van der Waals surface area contributed by atoms with Crippen LogP contribution in [0.15, 0.2) is 6.07 Å². The number of hydrogen-bond donors (Lipinski definition) is 2. The summed E-state index contributed by atoms with van der Waals surface area (Å²) in [7, 11) is 0. The van der Waals surface area contributed by atoms with Crippen molar-refractivity contribution in [3.63, 3.8) is 0 Å². The highest BCUT2D eigenvalue weighted by molar-refractivity contribution is 5.86. The van der Waals surface area contributed by atoms with Crippen LogP contribution in [-0.4, -0.2) is 22.2 Å². The second kappa shape index (κ2) is 3.63. The lowest BCUT2D eigenvalue weighted by molar-refractivity contribution is 0.0684. The smallest absolute Gasteiger partial charge is 0.352 e. The Hall–Kier alpha value is -1.29. The maximum absolute atomic E-state index is 11.1. The molecular weight excluding hydrogens is 204 g/mol. The Morgan fingerprint density at radius 3 is 2.81 bits per heavy atom. The zero-order valence-electron chi connectivity index (χ0n) is 9.79. The first-order valence-electron chi connectivity index (χ1n) is 5.59. The molecule has 4 nitrogen and oxygen atoms in total. The first-order chi connectivity index (χ1) is 7.44. The fourth-order valence-electron chi connectivity index (χ4n) is 2.60. The molecule has 1 aliphatic rings. The van der Waals surface area contributed by atoms with Gasteiger partial charge in [-0.3, -0.25) is 0 Å². The summed E-state index contributed by atoms with van der Waals surface area (Å²) in [6, 6.07) is 1.81. The average Bonchev–Trinajstić information content (AvgIpc) is 2.60. The summed E-state index contributed by atoms with van der Waals surface area (Å²) < 4.78 is 1.87. The van der Waals surface area contributed by atoms with Crippen LogP contribution in [0.2, 0.25) is 0 Å². The largest absolute Gasteiger partial charge is 0.477 e. The molecule has 0 saturated carbocycles. The minimum absolute atomic E-state index is 0.248. The number of aromatic nitrogens is 1. The van der Waals surface area contributed by atoms with E-state index in [0.717, 1.165) is 18.5 Å². The molecule has 0 aliphatic heterocycles. The molecule has 1 aromatic heterocycles. The number of hydrogen-bond acceptors (Lipinski definition) is 2. The molecule has 1 heterocycles. The number of nitrogens with two attached hydrogens (primary N) is 1. The zero-order valence-corrected chi connectivity index (χ0v) is 9.79. The molecule has 1 aromatic rings. The maximum Gasteiger partial charge on any atom is 0.352 e. The number of aromatic carboxylic acids is 1. The molecule has 0 amide bonds. The van der Waals surface area contributed by atoms with Crippen LogP contribution >= 0.6 is 0 Å². The van der Waals surface area contributed by atoms with E-state index in [0.29, 0.717) is 18.8 Å². The lowest BCUT2D eigenvalue weighted by Gasteiger charge is -2.17. The van der Waals surface area contributed by atoms with Crippen LogP contribution in [0, 0.1) is 5.41 Å². The molecular formula is C12H18N2O2. The molecule has 0 aromatic carbocycles. The van der Waals surface area contributed by atoms with Crippen LogP contribution < -0.4 is 5.73 Å². The summed E-state index contributed by atoms with van der Waals surface area (Å²) in [5.74, 6) is -0.861. The molecule has 0 saturated heterocycles. The van der Waals surface area contributed by atoms with E-state index in [1.54, 1.807) is 0 Å². The molecule has 3 N–H and O–H groups in total. The zero-order chi connectivity index (χ0) is 11.9. The Morgan fingerprint density at radius 2 is 2.25 bits per heavy atom. The highest BCUT2D eigenvalue weighted by Gasteiger charge is 2.33. The van der Waals surface area contributed by atoms with Gasteiger partial charge < -0.3 is 15.4 Å². The third kappa shape index (κ3) is 1.73. The van der Waals surface area contributed by atoms with Crippen molar-refractivity contribution >= 4 is 5.97 Å².